The van der Waals surface area contributed by atoms with Crippen molar-refractivity contribution in [2.24, 2.45) is 11.1 Å². The molecule has 90 valence electrons. The molecule has 0 aliphatic rings. The van der Waals surface area contributed by atoms with Crippen LogP contribution in [0, 0.1) is 5.41 Å². The summed E-state index contributed by atoms with van der Waals surface area (Å²) >= 11 is 3.57. The van der Waals surface area contributed by atoms with Gasteiger partial charge in [-0.3, -0.25) is 0 Å². The smallest absolute Gasteiger partial charge is 0.0207 e. The molecule has 0 radical (unpaired) electrons. The second-order valence-electron chi connectivity index (χ2n) is 5.46. The highest BCUT2D eigenvalue weighted by Gasteiger charge is 2.19. The topological polar surface area (TPSA) is 26.0 Å². The van der Waals surface area contributed by atoms with Crippen molar-refractivity contribution in [2.75, 3.05) is 0 Å². The van der Waals surface area contributed by atoms with E-state index in [0.717, 1.165) is 19.3 Å². The van der Waals surface area contributed by atoms with Crippen molar-refractivity contribution >= 4 is 15.9 Å². The zero-order valence-corrected chi connectivity index (χ0v) is 12.0. The second-order valence-corrected chi connectivity index (χ2v) is 6.31. The molecule has 0 bridgehead atoms. The standard InChI is InChI=1S/C14H22BrN/c1-14(2,3)13(16)10-6-8-11-7-4-5-9-12(11)15/h4-5,7,9,13H,6,8,10,16H2,1-3H3. The average molecular weight is 284 g/mol. The van der Waals surface area contributed by atoms with Crippen LogP contribution in [0.4, 0.5) is 0 Å². The Morgan fingerprint density at radius 3 is 2.44 bits per heavy atom. The average Bonchev–Trinajstić information content (AvgIpc) is 2.19. The van der Waals surface area contributed by atoms with Gasteiger partial charge in [-0.2, -0.15) is 0 Å². The Labute approximate surface area is 108 Å². The fourth-order valence-corrected chi connectivity index (χ4v) is 2.13. The molecule has 2 heteroatoms. The third-order valence-corrected chi connectivity index (χ3v) is 3.81. The fourth-order valence-electron chi connectivity index (χ4n) is 1.65. The lowest BCUT2D eigenvalue weighted by Gasteiger charge is -2.27. The van der Waals surface area contributed by atoms with Crippen LogP contribution in [-0.4, -0.2) is 6.04 Å². The first-order valence-electron chi connectivity index (χ1n) is 5.90. The minimum atomic E-state index is 0.216. The van der Waals surface area contributed by atoms with Crippen LogP contribution in [0.25, 0.3) is 0 Å². The largest absolute Gasteiger partial charge is 0.327 e. The molecule has 16 heavy (non-hydrogen) atoms. The van der Waals surface area contributed by atoms with Gasteiger partial charge in [-0.15, -0.1) is 0 Å². The normalized spacial score (nSPS) is 13.8. The van der Waals surface area contributed by atoms with E-state index < -0.39 is 0 Å². The Balaban J connectivity index is 2.40. The number of halogens is 1. The second kappa shape index (κ2) is 5.83. The van der Waals surface area contributed by atoms with E-state index in [-0.39, 0.29) is 11.5 Å². The summed E-state index contributed by atoms with van der Waals surface area (Å²) in [5.74, 6) is 0. The number of nitrogens with two attached hydrogens (primary N) is 1. The molecule has 0 heterocycles. The van der Waals surface area contributed by atoms with Crippen LogP contribution in [0.5, 0.6) is 0 Å². The van der Waals surface area contributed by atoms with Crippen LogP contribution in [0.1, 0.15) is 39.2 Å². The highest BCUT2D eigenvalue weighted by Crippen LogP contribution is 2.23. The van der Waals surface area contributed by atoms with Gasteiger partial charge in [0.05, 0.1) is 0 Å². The Kier molecular flexibility index (Phi) is 5.00. The molecule has 0 saturated heterocycles. The Hall–Kier alpha value is -0.340. The molecule has 1 aromatic rings. The summed E-state index contributed by atoms with van der Waals surface area (Å²) in [5, 5.41) is 0. The van der Waals surface area contributed by atoms with Gasteiger partial charge in [-0.05, 0) is 36.3 Å². The highest BCUT2D eigenvalue weighted by atomic mass is 79.9. The maximum atomic E-state index is 6.14. The lowest BCUT2D eigenvalue weighted by Crippen LogP contribution is -2.34. The van der Waals surface area contributed by atoms with Crippen molar-refractivity contribution in [2.45, 2.75) is 46.1 Å². The Bertz CT molecular complexity index is 328. The molecule has 1 unspecified atom stereocenters. The molecule has 0 amide bonds. The first-order valence-corrected chi connectivity index (χ1v) is 6.69. The molecule has 1 rings (SSSR count). The fraction of sp³-hybridized carbons (Fsp3) is 0.571. The van der Waals surface area contributed by atoms with E-state index in [0.29, 0.717) is 0 Å². The summed E-state index contributed by atoms with van der Waals surface area (Å²) in [7, 11) is 0. The van der Waals surface area contributed by atoms with Crippen molar-refractivity contribution in [3.05, 3.63) is 34.3 Å². The van der Waals surface area contributed by atoms with E-state index in [1.807, 2.05) is 0 Å². The summed E-state index contributed by atoms with van der Waals surface area (Å²) < 4.78 is 1.21. The minimum Gasteiger partial charge on any atom is -0.327 e. The van der Waals surface area contributed by atoms with Crippen LogP contribution in [-0.2, 0) is 6.42 Å². The third-order valence-electron chi connectivity index (χ3n) is 3.03. The van der Waals surface area contributed by atoms with Crippen molar-refractivity contribution in [3.8, 4) is 0 Å². The van der Waals surface area contributed by atoms with E-state index in [1.54, 1.807) is 0 Å². The quantitative estimate of drug-likeness (QED) is 0.883. The first-order chi connectivity index (χ1) is 7.41. The summed E-state index contributed by atoms with van der Waals surface area (Å²) in [4.78, 5) is 0. The number of hydrogen-bond acceptors (Lipinski definition) is 1. The van der Waals surface area contributed by atoms with Crippen LogP contribution in [0.2, 0.25) is 0 Å². The summed E-state index contributed by atoms with van der Waals surface area (Å²) in [5.41, 5.74) is 7.74. The van der Waals surface area contributed by atoms with Gasteiger partial charge in [-0.25, -0.2) is 0 Å². The number of hydrogen-bond donors (Lipinski definition) is 1. The lowest BCUT2D eigenvalue weighted by atomic mass is 9.84. The maximum Gasteiger partial charge on any atom is 0.0207 e. The van der Waals surface area contributed by atoms with Gasteiger partial charge < -0.3 is 5.73 Å². The van der Waals surface area contributed by atoms with E-state index in [1.165, 1.54) is 10.0 Å². The van der Waals surface area contributed by atoms with E-state index in [4.69, 9.17) is 5.73 Å². The van der Waals surface area contributed by atoms with Gasteiger partial charge in [0.2, 0.25) is 0 Å². The van der Waals surface area contributed by atoms with E-state index >= 15 is 0 Å². The van der Waals surface area contributed by atoms with Crippen LogP contribution >= 0.6 is 15.9 Å². The van der Waals surface area contributed by atoms with Gasteiger partial charge >= 0.3 is 0 Å². The van der Waals surface area contributed by atoms with Gasteiger partial charge in [0.15, 0.2) is 0 Å². The molecule has 0 aliphatic heterocycles. The van der Waals surface area contributed by atoms with E-state index in [2.05, 4.69) is 61.0 Å². The Morgan fingerprint density at radius 2 is 1.88 bits per heavy atom. The molecular weight excluding hydrogens is 262 g/mol. The lowest BCUT2D eigenvalue weighted by molar-refractivity contribution is 0.301. The van der Waals surface area contributed by atoms with Crippen molar-refractivity contribution in [1.82, 2.24) is 0 Å². The van der Waals surface area contributed by atoms with Crippen LogP contribution in [0.3, 0.4) is 0 Å². The predicted octanol–water partition coefficient (Wildman–Crippen LogP) is 4.15. The SMILES string of the molecule is CC(C)(C)C(N)CCCc1ccccc1Br. The predicted molar refractivity (Wildman–Crippen MR) is 74.5 cm³/mol. The minimum absolute atomic E-state index is 0.216. The number of rotatable bonds is 4. The number of aryl methyl sites for hydroxylation is 1. The molecular formula is C14H22BrN. The third kappa shape index (κ3) is 4.26. The van der Waals surface area contributed by atoms with Gasteiger partial charge in [0.1, 0.15) is 0 Å². The zero-order valence-electron chi connectivity index (χ0n) is 10.5. The van der Waals surface area contributed by atoms with Crippen molar-refractivity contribution in [3.63, 3.8) is 0 Å². The molecule has 1 atom stereocenters. The van der Waals surface area contributed by atoms with Gasteiger partial charge in [0, 0.05) is 10.5 Å². The summed E-state index contributed by atoms with van der Waals surface area (Å²) in [6.45, 7) is 6.61. The molecule has 0 spiro atoms. The van der Waals surface area contributed by atoms with Gasteiger partial charge in [-0.1, -0.05) is 54.9 Å². The van der Waals surface area contributed by atoms with Crippen molar-refractivity contribution < 1.29 is 0 Å². The maximum absolute atomic E-state index is 6.14. The highest BCUT2D eigenvalue weighted by molar-refractivity contribution is 9.10. The van der Waals surface area contributed by atoms with Crippen molar-refractivity contribution in [1.29, 1.82) is 0 Å². The van der Waals surface area contributed by atoms with Crippen LogP contribution < -0.4 is 5.73 Å². The number of benzene rings is 1. The molecule has 0 saturated carbocycles. The first kappa shape index (κ1) is 13.7. The van der Waals surface area contributed by atoms with E-state index in [9.17, 15) is 0 Å². The molecule has 0 aliphatic carbocycles. The zero-order chi connectivity index (χ0) is 12.2. The van der Waals surface area contributed by atoms with Crippen LogP contribution in [0.15, 0.2) is 28.7 Å². The molecule has 0 fully saturated rings. The molecule has 1 aromatic carbocycles. The Morgan fingerprint density at radius 1 is 1.25 bits per heavy atom. The monoisotopic (exact) mass is 283 g/mol. The van der Waals surface area contributed by atoms with Gasteiger partial charge in [0.25, 0.3) is 0 Å². The molecule has 0 aromatic heterocycles. The summed E-state index contributed by atoms with van der Waals surface area (Å²) in [6, 6.07) is 8.69. The molecule has 2 N–H and O–H groups in total. The molecule has 1 nitrogen and oxygen atoms in total. The summed E-state index contributed by atoms with van der Waals surface area (Å²) in [6.07, 6.45) is 3.34.